The Hall–Kier alpha value is -1.94. The van der Waals surface area contributed by atoms with E-state index >= 15 is 0 Å². The molecule has 4 heteroatoms. The van der Waals surface area contributed by atoms with Gasteiger partial charge in [-0.05, 0) is 43.4 Å². The van der Waals surface area contributed by atoms with E-state index in [0.29, 0.717) is 0 Å². The third-order valence-corrected chi connectivity index (χ3v) is 4.66. The van der Waals surface area contributed by atoms with Crippen LogP contribution in [0.2, 0.25) is 0 Å². The maximum atomic E-state index is 10.1. The molecule has 1 aliphatic rings. The van der Waals surface area contributed by atoms with Gasteiger partial charge in [0.25, 0.3) is 0 Å². The maximum Gasteiger partial charge on any atom is 0.225 e. The lowest BCUT2D eigenvalue weighted by atomic mass is 9.75. The van der Waals surface area contributed by atoms with Crippen LogP contribution in [0.5, 0.6) is 0 Å². The molecule has 0 radical (unpaired) electrons. The molecule has 116 valence electrons. The van der Waals surface area contributed by atoms with Gasteiger partial charge in [-0.3, -0.25) is 0 Å². The first-order valence-electron chi connectivity index (χ1n) is 7.90. The average molecular weight is 297 g/mol. The molecule has 0 aliphatic carbocycles. The van der Waals surface area contributed by atoms with Crippen molar-refractivity contribution in [1.82, 2.24) is 9.97 Å². The fourth-order valence-corrected chi connectivity index (χ4v) is 3.37. The van der Waals surface area contributed by atoms with Gasteiger partial charge in [0.2, 0.25) is 5.95 Å². The molecule has 4 nitrogen and oxygen atoms in total. The SMILES string of the molecule is Cc1ccccc1C[C@@]1(CO)CCCN(c2ncccn2)C1. The first-order chi connectivity index (χ1) is 10.7. The maximum absolute atomic E-state index is 10.1. The van der Waals surface area contributed by atoms with Crippen molar-refractivity contribution < 1.29 is 5.11 Å². The van der Waals surface area contributed by atoms with Crippen LogP contribution in [-0.4, -0.2) is 34.8 Å². The zero-order valence-corrected chi connectivity index (χ0v) is 13.1. The fraction of sp³-hybridized carbons (Fsp3) is 0.444. The van der Waals surface area contributed by atoms with Crippen LogP contribution in [0.4, 0.5) is 5.95 Å². The van der Waals surface area contributed by atoms with Gasteiger partial charge in [0.1, 0.15) is 0 Å². The summed E-state index contributed by atoms with van der Waals surface area (Å²) in [5, 5.41) is 10.1. The minimum absolute atomic E-state index is 0.108. The van der Waals surface area contributed by atoms with Crippen LogP contribution in [0, 0.1) is 12.3 Å². The highest BCUT2D eigenvalue weighted by molar-refractivity contribution is 5.32. The molecule has 1 fully saturated rings. The van der Waals surface area contributed by atoms with Gasteiger partial charge in [-0.2, -0.15) is 0 Å². The van der Waals surface area contributed by atoms with E-state index in [9.17, 15) is 5.11 Å². The summed E-state index contributed by atoms with van der Waals surface area (Å²) in [6.45, 7) is 4.10. The van der Waals surface area contributed by atoms with Gasteiger partial charge in [0.15, 0.2) is 0 Å². The molecule has 0 amide bonds. The van der Waals surface area contributed by atoms with Crippen LogP contribution in [0.15, 0.2) is 42.7 Å². The molecule has 1 aromatic carbocycles. The summed E-state index contributed by atoms with van der Waals surface area (Å²) >= 11 is 0. The fourth-order valence-electron chi connectivity index (χ4n) is 3.37. The minimum Gasteiger partial charge on any atom is -0.396 e. The molecule has 1 atom stereocenters. The first-order valence-corrected chi connectivity index (χ1v) is 7.90. The van der Waals surface area contributed by atoms with E-state index in [4.69, 9.17) is 0 Å². The number of nitrogens with zero attached hydrogens (tertiary/aromatic N) is 3. The van der Waals surface area contributed by atoms with Crippen molar-refractivity contribution in [2.45, 2.75) is 26.2 Å². The molecule has 2 heterocycles. The highest BCUT2D eigenvalue weighted by Gasteiger charge is 2.36. The van der Waals surface area contributed by atoms with Crippen LogP contribution in [-0.2, 0) is 6.42 Å². The van der Waals surface area contributed by atoms with E-state index in [1.54, 1.807) is 12.4 Å². The van der Waals surface area contributed by atoms with Gasteiger partial charge in [0, 0.05) is 30.9 Å². The van der Waals surface area contributed by atoms with Crippen molar-refractivity contribution in [2.75, 3.05) is 24.6 Å². The molecule has 3 rings (SSSR count). The third-order valence-electron chi connectivity index (χ3n) is 4.66. The molecule has 0 saturated carbocycles. The van der Waals surface area contributed by atoms with Crippen LogP contribution in [0.25, 0.3) is 0 Å². The lowest BCUT2D eigenvalue weighted by molar-refractivity contribution is 0.105. The number of anilines is 1. The molecule has 0 unspecified atom stereocenters. The quantitative estimate of drug-likeness (QED) is 0.942. The van der Waals surface area contributed by atoms with Crippen molar-refractivity contribution in [1.29, 1.82) is 0 Å². The predicted molar refractivity (Wildman–Crippen MR) is 87.9 cm³/mol. The molecular formula is C18H23N3O. The monoisotopic (exact) mass is 297 g/mol. The Kier molecular flexibility index (Phi) is 4.39. The van der Waals surface area contributed by atoms with Gasteiger partial charge in [-0.1, -0.05) is 24.3 Å². The van der Waals surface area contributed by atoms with Crippen molar-refractivity contribution in [3.63, 3.8) is 0 Å². The van der Waals surface area contributed by atoms with E-state index in [2.05, 4.69) is 46.1 Å². The Bertz CT molecular complexity index is 617. The number of aryl methyl sites for hydroxylation is 1. The van der Waals surface area contributed by atoms with Gasteiger partial charge in [0.05, 0.1) is 6.61 Å². The normalized spacial score (nSPS) is 21.8. The van der Waals surface area contributed by atoms with E-state index in [1.807, 2.05) is 6.07 Å². The van der Waals surface area contributed by atoms with Crippen LogP contribution >= 0.6 is 0 Å². The van der Waals surface area contributed by atoms with E-state index in [0.717, 1.165) is 38.3 Å². The highest BCUT2D eigenvalue weighted by atomic mass is 16.3. The lowest BCUT2D eigenvalue weighted by Gasteiger charge is -2.42. The zero-order chi connectivity index (χ0) is 15.4. The number of rotatable bonds is 4. The highest BCUT2D eigenvalue weighted by Crippen LogP contribution is 2.35. The van der Waals surface area contributed by atoms with Gasteiger partial charge in [-0.25, -0.2) is 9.97 Å². The number of hydrogen-bond acceptors (Lipinski definition) is 4. The van der Waals surface area contributed by atoms with Crippen molar-refractivity contribution in [2.24, 2.45) is 5.41 Å². The summed E-state index contributed by atoms with van der Waals surface area (Å²) in [6.07, 6.45) is 6.56. The van der Waals surface area contributed by atoms with Crippen molar-refractivity contribution >= 4 is 5.95 Å². The molecule has 1 saturated heterocycles. The third kappa shape index (κ3) is 3.12. The van der Waals surface area contributed by atoms with Gasteiger partial charge >= 0.3 is 0 Å². The number of benzene rings is 1. The smallest absolute Gasteiger partial charge is 0.225 e. The summed E-state index contributed by atoms with van der Waals surface area (Å²) < 4.78 is 0. The Labute approximate surface area is 131 Å². The molecule has 22 heavy (non-hydrogen) atoms. The summed E-state index contributed by atoms with van der Waals surface area (Å²) in [5.74, 6) is 0.768. The molecule has 2 aromatic rings. The lowest BCUT2D eigenvalue weighted by Crippen LogP contribution is -2.47. The molecule has 1 N–H and O–H groups in total. The molecule has 1 aromatic heterocycles. The van der Waals surface area contributed by atoms with Crippen LogP contribution in [0.3, 0.4) is 0 Å². The van der Waals surface area contributed by atoms with Gasteiger partial charge in [-0.15, -0.1) is 0 Å². The van der Waals surface area contributed by atoms with Crippen molar-refractivity contribution in [3.05, 3.63) is 53.9 Å². The Morgan fingerprint density at radius 1 is 1.18 bits per heavy atom. The second-order valence-corrected chi connectivity index (χ2v) is 6.34. The average Bonchev–Trinajstić information content (AvgIpc) is 2.58. The van der Waals surface area contributed by atoms with Crippen LogP contribution < -0.4 is 4.90 Å². The second kappa shape index (κ2) is 6.44. The number of aromatic nitrogens is 2. The number of hydrogen-bond donors (Lipinski definition) is 1. The van der Waals surface area contributed by atoms with Gasteiger partial charge < -0.3 is 10.0 Å². The summed E-state index contributed by atoms with van der Waals surface area (Å²) in [5.41, 5.74) is 2.51. The topological polar surface area (TPSA) is 49.2 Å². The zero-order valence-electron chi connectivity index (χ0n) is 13.1. The second-order valence-electron chi connectivity index (χ2n) is 6.34. The first kappa shape index (κ1) is 15.0. The van der Waals surface area contributed by atoms with E-state index in [1.165, 1.54) is 11.1 Å². The van der Waals surface area contributed by atoms with E-state index in [-0.39, 0.29) is 12.0 Å². The van der Waals surface area contributed by atoms with E-state index < -0.39 is 0 Å². The summed E-state index contributed by atoms with van der Waals surface area (Å²) in [6, 6.07) is 10.3. The molecule has 0 spiro atoms. The number of aliphatic hydroxyl groups excluding tert-OH is 1. The summed E-state index contributed by atoms with van der Waals surface area (Å²) in [7, 11) is 0. The predicted octanol–water partition coefficient (Wildman–Crippen LogP) is 2.61. The van der Waals surface area contributed by atoms with Crippen molar-refractivity contribution in [3.8, 4) is 0 Å². The minimum atomic E-state index is -0.108. The Balaban J connectivity index is 1.82. The number of aliphatic hydroxyl groups is 1. The summed E-state index contributed by atoms with van der Waals surface area (Å²) in [4.78, 5) is 10.9. The Morgan fingerprint density at radius 2 is 1.95 bits per heavy atom. The van der Waals surface area contributed by atoms with Crippen LogP contribution in [0.1, 0.15) is 24.0 Å². The largest absolute Gasteiger partial charge is 0.396 e. The number of piperidine rings is 1. The Morgan fingerprint density at radius 3 is 2.68 bits per heavy atom. The molecule has 0 bridgehead atoms. The molecular weight excluding hydrogens is 274 g/mol. The molecule has 1 aliphatic heterocycles. The standard InChI is InChI=1S/C18H23N3O/c1-15-6-2-3-7-16(15)12-18(14-22)8-4-11-21(13-18)17-19-9-5-10-20-17/h2-3,5-7,9-10,22H,4,8,11-14H2,1H3/t18-/m0/s1.